The SMILES string of the molecule is CCc1ncnc(N2CCC(NC(=O)c3ccccc3C)CC2)c1F. The summed E-state index contributed by atoms with van der Waals surface area (Å²) in [5, 5.41) is 3.09. The van der Waals surface area contributed by atoms with Gasteiger partial charge >= 0.3 is 0 Å². The largest absolute Gasteiger partial charge is 0.354 e. The van der Waals surface area contributed by atoms with E-state index in [4.69, 9.17) is 0 Å². The van der Waals surface area contributed by atoms with Crippen molar-refractivity contribution in [2.24, 2.45) is 0 Å². The first kappa shape index (κ1) is 17.3. The molecule has 0 aliphatic carbocycles. The normalized spacial score (nSPS) is 15.2. The summed E-state index contributed by atoms with van der Waals surface area (Å²) in [7, 11) is 0. The third-order valence-electron chi connectivity index (χ3n) is 4.70. The molecule has 1 aromatic heterocycles. The molecule has 1 fully saturated rings. The fourth-order valence-electron chi connectivity index (χ4n) is 3.19. The molecule has 1 N–H and O–H groups in total. The van der Waals surface area contributed by atoms with Gasteiger partial charge in [0, 0.05) is 24.7 Å². The van der Waals surface area contributed by atoms with Crippen molar-refractivity contribution in [3.63, 3.8) is 0 Å². The Bertz CT molecular complexity index is 757. The van der Waals surface area contributed by atoms with Crippen LogP contribution in [0.15, 0.2) is 30.6 Å². The predicted molar refractivity (Wildman–Crippen MR) is 95.2 cm³/mol. The van der Waals surface area contributed by atoms with Crippen LogP contribution in [0.25, 0.3) is 0 Å². The van der Waals surface area contributed by atoms with Crippen LogP contribution in [0.5, 0.6) is 0 Å². The first-order valence-electron chi connectivity index (χ1n) is 8.71. The van der Waals surface area contributed by atoms with E-state index in [0.717, 1.165) is 18.4 Å². The maximum Gasteiger partial charge on any atom is 0.251 e. The lowest BCUT2D eigenvalue weighted by Gasteiger charge is -2.33. The maximum atomic E-state index is 14.4. The Balaban J connectivity index is 1.61. The second-order valence-corrected chi connectivity index (χ2v) is 6.36. The maximum absolute atomic E-state index is 14.4. The fraction of sp³-hybridized carbons (Fsp3) is 0.421. The Hall–Kier alpha value is -2.50. The molecule has 3 rings (SSSR count). The van der Waals surface area contributed by atoms with Crippen molar-refractivity contribution in [3.8, 4) is 0 Å². The molecule has 1 aromatic carbocycles. The van der Waals surface area contributed by atoms with E-state index in [2.05, 4.69) is 15.3 Å². The number of halogens is 1. The van der Waals surface area contributed by atoms with Crippen molar-refractivity contribution in [2.75, 3.05) is 18.0 Å². The number of rotatable bonds is 4. The highest BCUT2D eigenvalue weighted by Gasteiger charge is 2.25. The Morgan fingerprint density at radius 1 is 1.28 bits per heavy atom. The van der Waals surface area contributed by atoms with E-state index in [0.29, 0.717) is 36.6 Å². The molecule has 132 valence electrons. The number of hydrogen-bond acceptors (Lipinski definition) is 4. The molecule has 0 radical (unpaired) electrons. The Morgan fingerprint density at radius 3 is 2.68 bits per heavy atom. The highest BCUT2D eigenvalue weighted by molar-refractivity contribution is 5.95. The highest BCUT2D eigenvalue weighted by Crippen LogP contribution is 2.22. The van der Waals surface area contributed by atoms with E-state index in [1.54, 1.807) is 0 Å². The molecule has 6 heteroatoms. The van der Waals surface area contributed by atoms with Crippen LogP contribution in [0.2, 0.25) is 0 Å². The molecule has 0 unspecified atom stereocenters. The fourth-order valence-corrected chi connectivity index (χ4v) is 3.19. The van der Waals surface area contributed by atoms with Crippen molar-refractivity contribution in [2.45, 2.75) is 39.2 Å². The minimum absolute atomic E-state index is 0.0435. The van der Waals surface area contributed by atoms with E-state index in [1.165, 1.54) is 6.33 Å². The summed E-state index contributed by atoms with van der Waals surface area (Å²) in [4.78, 5) is 22.4. The molecule has 1 aliphatic rings. The average Bonchev–Trinajstić information content (AvgIpc) is 2.63. The van der Waals surface area contributed by atoms with Gasteiger partial charge in [-0.1, -0.05) is 25.1 Å². The highest BCUT2D eigenvalue weighted by atomic mass is 19.1. The van der Waals surface area contributed by atoms with E-state index in [9.17, 15) is 9.18 Å². The summed E-state index contributed by atoms with van der Waals surface area (Å²) >= 11 is 0. The number of carbonyl (C=O) groups is 1. The Labute approximate surface area is 147 Å². The van der Waals surface area contributed by atoms with Gasteiger partial charge in [0.05, 0.1) is 5.69 Å². The number of piperidine rings is 1. The van der Waals surface area contributed by atoms with E-state index in [-0.39, 0.29) is 17.8 Å². The van der Waals surface area contributed by atoms with Gasteiger partial charge in [0.15, 0.2) is 11.6 Å². The molecule has 1 aliphatic heterocycles. The Morgan fingerprint density at radius 2 is 2.00 bits per heavy atom. The zero-order valence-electron chi connectivity index (χ0n) is 14.6. The van der Waals surface area contributed by atoms with Gasteiger partial charge in [-0.25, -0.2) is 14.4 Å². The van der Waals surface area contributed by atoms with E-state index >= 15 is 0 Å². The number of aryl methyl sites for hydroxylation is 2. The van der Waals surface area contributed by atoms with Crippen LogP contribution < -0.4 is 10.2 Å². The zero-order valence-corrected chi connectivity index (χ0v) is 14.6. The monoisotopic (exact) mass is 342 g/mol. The van der Waals surface area contributed by atoms with Crippen LogP contribution in [0.3, 0.4) is 0 Å². The summed E-state index contributed by atoms with van der Waals surface area (Å²) in [6.07, 6.45) is 3.50. The molecular weight excluding hydrogens is 319 g/mol. The van der Waals surface area contributed by atoms with Gasteiger partial charge in [-0.15, -0.1) is 0 Å². The lowest BCUT2D eigenvalue weighted by molar-refractivity contribution is 0.0930. The van der Waals surface area contributed by atoms with Gasteiger partial charge in [0.25, 0.3) is 5.91 Å². The quantitative estimate of drug-likeness (QED) is 0.928. The minimum atomic E-state index is -0.326. The smallest absolute Gasteiger partial charge is 0.251 e. The summed E-state index contributed by atoms with van der Waals surface area (Å²) in [5.41, 5.74) is 2.12. The first-order chi connectivity index (χ1) is 12.1. The topological polar surface area (TPSA) is 58.1 Å². The van der Waals surface area contributed by atoms with Crippen LogP contribution in [0.4, 0.5) is 10.2 Å². The molecule has 0 spiro atoms. The lowest BCUT2D eigenvalue weighted by Crippen LogP contribution is -2.45. The molecule has 5 nitrogen and oxygen atoms in total. The van der Waals surface area contributed by atoms with Crippen LogP contribution in [0.1, 0.15) is 41.4 Å². The van der Waals surface area contributed by atoms with Gasteiger partial charge < -0.3 is 10.2 Å². The van der Waals surface area contributed by atoms with Crippen molar-refractivity contribution in [1.82, 2.24) is 15.3 Å². The van der Waals surface area contributed by atoms with Crippen LogP contribution in [0, 0.1) is 12.7 Å². The molecule has 0 bridgehead atoms. The summed E-state index contributed by atoms with van der Waals surface area (Å²) < 4.78 is 14.4. The number of amides is 1. The van der Waals surface area contributed by atoms with Crippen molar-refractivity contribution < 1.29 is 9.18 Å². The number of anilines is 1. The van der Waals surface area contributed by atoms with Gasteiger partial charge in [-0.05, 0) is 37.8 Å². The number of aromatic nitrogens is 2. The standard InChI is InChI=1S/C19H23FN4O/c1-3-16-17(20)18(22-12-21-16)24-10-8-14(9-11-24)23-19(25)15-7-5-4-6-13(15)2/h4-7,12,14H,3,8-11H2,1-2H3,(H,23,25). The van der Waals surface area contributed by atoms with Crippen LogP contribution in [-0.4, -0.2) is 35.0 Å². The molecule has 2 heterocycles. The molecule has 1 saturated heterocycles. The van der Waals surface area contributed by atoms with E-state index < -0.39 is 0 Å². The van der Waals surface area contributed by atoms with E-state index in [1.807, 2.05) is 43.0 Å². The molecular formula is C19H23FN4O. The van der Waals surface area contributed by atoms with Crippen molar-refractivity contribution >= 4 is 11.7 Å². The van der Waals surface area contributed by atoms with Crippen molar-refractivity contribution in [1.29, 1.82) is 0 Å². The molecule has 0 atom stereocenters. The number of carbonyl (C=O) groups excluding carboxylic acids is 1. The minimum Gasteiger partial charge on any atom is -0.354 e. The number of nitrogens with zero attached hydrogens (tertiary/aromatic N) is 3. The third-order valence-corrected chi connectivity index (χ3v) is 4.70. The third kappa shape index (κ3) is 3.78. The van der Waals surface area contributed by atoms with Gasteiger partial charge in [-0.3, -0.25) is 4.79 Å². The molecule has 25 heavy (non-hydrogen) atoms. The second-order valence-electron chi connectivity index (χ2n) is 6.36. The zero-order chi connectivity index (χ0) is 17.8. The number of nitrogens with one attached hydrogen (secondary N) is 1. The predicted octanol–water partition coefficient (Wildman–Crippen LogP) is 2.89. The molecule has 2 aromatic rings. The average molecular weight is 342 g/mol. The summed E-state index contributed by atoms with van der Waals surface area (Å²) in [6, 6.07) is 7.65. The van der Waals surface area contributed by atoms with Gasteiger partial charge in [-0.2, -0.15) is 0 Å². The van der Waals surface area contributed by atoms with Crippen molar-refractivity contribution in [3.05, 3.63) is 53.2 Å². The van der Waals surface area contributed by atoms with Gasteiger partial charge in [0.1, 0.15) is 6.33 Å². The van der Waals surface area contributed by atoms with Crippen LogP contribution >= 0.6 is 0 Å². The molecule has 1 amide bonds. The van der Waals surface area contributed by atoms with Gasteiger partial charge in [0.2, 0.25) is 0 Å². The first-order valence-corrected chi connectivity index (χ1v) is 8.71. The lowest BCUT2D eigenvalue weighted by atomic mass is 10.0. The van der Waals surface area contributed by atoms with Crippen LogP contribution in [-0.2, 0) is 6.42 Å². The molecule has 0 saturated carbocycles. The Kier molecular flexibility index (Phi) is 5.26. The summed E-state index contributed by atoms with van der Waals surface area (Å²) in [6.45, 7) is 5.13. The number of benzene rings is 1. The number of hydrogen-bond donors (Lipinski definition) is 1. The second kappa shape index (κ2) is 7.59. The summed E-state index contributed by atoms with van der Waals surface area (Å²) in [5.74, 6) is 0.000891.